The molecule has 1 atom stereocenters. The van der Waals surface area contributed by atoms with Crippen LogP contribution in [0.15, 0.2) is 53.4 Å². The van der Waals surface area contributed by atoms with E-state index in [2.05, 4.69) is 14.0 Å². The molecule has 1 unspecified atom stereocenters. The van der Waals surface area contributed by atoms with Crippen LogP contribution in [0.2, 0.25) is 0 Å². The first-order valence-electron chi connectivity index (χ1n) is 9.02. The third-order valence-electron chi connectivity index (χ3n) is 4.71. The van der Waals surface area contributed by atoms with Crippen LogP contribution >= 0.6 is 11.5 Å². The van der Waals surface area contributed by atoms with Crippen molar-refractivity contribution in [1.29, 1.82) is 0 Å². The van der Waals surface area contributed by atoms with Crippen molar-refractivity contribution in [2.45, 2.75) is 17.4 Å². The molecule has 1 aliphatic heterocycles. The maximum Gasteiger partial charge on any atom is 0.240 e. The van der Waals surface area contributed by atoms with Gasteiger partial charge < -0.3 is 9.84 Å². The van der Waals surface area contributed by atoms with Gasteiger partial charge in [0.2, 0.25) is 15.9 Å². The molecule has 7 nitrogen and oxygen atoms in total. The summed E-state index contributed by atoms with van der Waals surface area (Å²) in [5.74, 6) is 0.587. The summed E-state index contributed by atoms with van der Waals surface area (Å²) in [4.78, 5) is 2.24. The quantitative estimate of drug-likeness (QED) is 0.611. The van der Waals surface area contributed by atoms with Crippen molar-refractivity contribution in [2.75, 3.05) is 26.2 Å². The Morgan fingerprint density at radius 1 is 1.25 bits per heavy atom. The van der Waals surface area contributed by atoms with E-state index in [1.165, 1.54) is 35.8 Å². The number of aromatic nitrogens is 1. The van der Waals surface area contributed by atoms with Gasteiger partial charge in [-0.2, -0.15) is 4.37 Å². The molecular weight excluding hydrogens is 398 g/mol. The average molecular weight is 420 g/mol. The second kappa shape index (κ2) is 8.04. The number of phenols is 1. The largest absolute Gasteiger partial charge is 0.508 e. The number of ether oxygens (including phenoxy) is 1. The van der Waals surface area contributed by atoms with Crippen molar-refractivity contribution in [3.63, 3.8) is 0 Å². The number of benzene rings is 2. The van der Waals surface area contributed by atoms with Crippen LogP contribution in [0.3, 0.4) is 0 Å². The highest BCUT2D eigenvalue weighted by Crippen LogP contribution is 2.28. The zero-order chi connectivity index (χ0) is 19.6. The Morgan fingerprint density at radius 2 is 2.11 bits per heavy atom. The predicted molar refractivity (Wildman–Crippen MR) is 108 cm³/mol. The molecule has 4 rings (SSSR count). The first kappa shape index (κ1) is 19.1. The van der Waals surface area contributed by atoms with Gasteiger partial charge in [-0.25, -0.2) is 13.1 Å². The topological polar surface area (TPSA) is 91.8 Å². The molecule has 28 heavy (non-hydrogen) atoms. The lowest BCUT2D eigenvalue weighted by Crippen LogP contribution is -2.37. The maximum atomic E-state index is 12.5. The molecule has 2 heterocycles. The predicted octanol–water partition coefficient (Wildman–Crippen LogP) is 2.43. The van der Waals surface area contributed by atoms with E-state index in [4.69, 9.17) is 4.74 Å². The Kier molecular flexibility index (Phi) is 5.49. The lowest BCUT2D eigenvalue weighted by molar-refractivity contribution is 0.233. The second-order valence-electron chi connectivity index (χ2n) is 6.74. The minimum absolute atomic E-state index is 0.0670. The fourth-order valence-electron chi connectivity index (χ4n) is 3.31. The van der Waals surface area contributed by atoms with Crippen molar-refractivity contribution in [2.24, 2.45) is 0 Å². The smallest absolute Gasteiger partial charge is 0.240 e. The average Bonchev–Trinajstić information content (AvgIpc) is 3.29. The number of fused-ring (bicyclic) bond motifs is 1. The Labute approximate surface area is 167 Å². The summed E-state index contributed by atoms with van der Waals surface area (Å²) >= 11 is 1.42. The van der Waals surface area contributed by atoms with Gasteiger partial charge in [-0.15, -0.1) is 0 Å². The molecule has 2 aromatic carbocycles. The van der Waals surface area contributed by atoms with Crippen LogP contribution in [0.25, 0.3) is 10.1 Å². The van der Waals surface area contributed by atoms with Gasteiger partial charge in [0.25, 0.3) is 0 Å². The van der Waals surface area contributed by atoms with Crippen molar-refractivity contribution in [3.05, 3.63) is 48.5 Å². The fourth-order valence-corrected chi connectivity index (χ4v) is 5.33. The van der Waals surface area contributed by atoms with E-state index in [0.717, 1.165) is 23.1 Å². The highest BCUT2D eigenvalue weighted by atomic mass is 32.2. The lowest BCUT2D eigenvalue weighted by atomic mass is 10.3. The number of hydrogen-bond donors (Lipinski definition) is 2. The zero-order valence-corrected chi connectivity index (χ0v) is 16.7. The number of rotatable bonds is 7. The summed E-state index contributed by atoms with van der Waals surface area (Å²) in [5.41, 5.74) is 0. The Hall–Kier alpha value is -2.20. The molecule has 2 N–H and O–H groups in total. The third kappa shape index (κ3) is 4.27. The van der Waals surface area contributed by atoms with Crippen LogP contribution in [0.1, 0.15) is 6.42 Å². The number of hydrogen-bond acceptors (Lipinski definition) is 7. The zero-order valence-electron chi connectivity index (χ0n) is 15.1. The molecule has 1 aromatic heterocycles. The van der Waals surface area contributed by atoms with E-state index >= 15 is 0 Å². The number of nitrogens with zero attached hydrogens (tertiary/aromatic N) is 2. The molecule has 0 radical (unpaired) electrons. The fraction of sp³-hybridized carbons (Fsp3) is 0.316. The van der Waals surface area contributed by atoms with Gasteiger partial charge >= 0.3 is 0 Å². The van der Waals surface area contributed by atoms with Crippen LogP contribution in [-0.4, -0.2) is 55.1 Å². The molecule has 1 aliphatic rings. The van der Waals surface area contributed by atoms with Gasteiger partial charge in [-0.1, -0.05) is 18.2 Å². The number of sulfonamides is 1. The molecule has 3 aromatic rings. The van der Waals surface area contributed by atoms with Gasteiger partial charge in [0.15, 0.2) is 0 Å². The van der Waals surface area contributed by atoms with E-state index in [0.29, 0.717) is 25.6 Å². The SMILES string of the molecule is O=S(=O)(NC1CCN(CCOc2nsc3ccccc23)C1)c1cccc(O)c1. The first-order valence-corrected chi connectivity index (χ1v) is 11.3. The van der Waals surface area contributed by atoms with Crippen LogP contribution in [0, 0.1) is 0 Å². The van der Waals surface area contributed by atoms with Gasteiger partial charge in [0, 0.05) is 19.1 Å². The van der Waals surface area contributed by atoms with Crippen molar-refractivity contribution in [3.8, 4) is 11.6 Å². The standard InChI is InChI=1S/C19H21N3O4S2/c23-15-4-3-5-16(12-15)28(24,25)21-14-8-9-22(13-14)10-11-26-19-17-6-1-2-7-18(17)27-20-19/h1-7,12,14,21,23H,8-11,13H2. The van der Waals surface area contributed by atoms with E-state index in [9.17, 15) is 13.5 Å². The lowest BCUT2D eigenvalue weighted by Gasteiger charge is -2.17. The van der Waals surface area contributed by atoms with E-state index in [1.54, 1.807) is 0 Å². The van der Waals surface area contributed by atoms with E-state index < -0.39 is 10.0 Å². The second-order valence-corrected chi connectivity index (χ2v) is 9.26. The van der Waals surface area contributed by atoms with E-state index in [1.807, 2.05) is 24.3 Å². The van der Waals surface area contributed by atoms with Crippen molar-refractivity contribution >= 4 is 31.6 Å². The molecule has 0 amide bonds. The molecule has 0 bridgehead atoms. The summed E-state index contributed by atoms with van der Waals surface area (Å²) in [6.07, 6.45) is 0.734. The van der Waals surface area contributed by atoms with Crippen LogP contribution in [-0.2, 0) is 10.0 Å². The van der Waals surface area contributed by atoms with Crippen molar-refractivity contribution in [1.82, 2.24) is 14.0 Å². The van der Waals surface area contributed by atoms with Crippen LogP contribution in [0.4, 0.5) is 0 Å². The number of likely N-dealkylation sites (tertiary alicyclic amines) is 1. The van der Waals surface area contributed by atoms with E-state index in [-0.39, 0.29) is 16.7 Å². The third-order valence-corrected chi connectivity index (χ3v) is 7.04. The first-order chi connectivity index (χ1) is 13.5. The normalized spacial score (nSPS) is 17.9. The monoisotopic (exact) mass is 419 g/mol. The Bertz CT molecular complexity index is 1070. The minimum atomic E-state index is -3.65. The summed E-state index contributed by atoms with van der Waals surface area (Å²) < 4.78 is 38.9. The molecule has 0 aliphatic carbocycles. The number of aromatic hydroxyl groups is 1. The molecule has 1 fully saturated rings. The molecule has 1 saturated heterocycles. The molecule has 9 heteroatoms. The summed E-state index contributed by atoms with van der Waals surface area (Å²) in [6.45, 7) is 2.63. The summed E-state index contributed by atoms with van der Waals surface area (Å²) in [5, 5.41) is 10.5. The van der Waals surface area contributed by atoms with Gasteiger partial charge in [-0.05, 0) is 54.8 Å². The number of phenolic OH excluding ortho intramolecular Hbond substituents is 1. The molecular formula is C19H21N3O4S2. The van der Waals surface area contributed by atoms with Crippen LogP contribution < -0.4 is 9.46 Å². The Morgan fingerprint density at radius 3 is 2.96 bits per heavy atom. The van der Waals surface area contributed by atoms with Gasteiger partial charge in [0.05, 0.1) is 15.0 Å². The summed E-state index contributed by atoms with van der Waals surface area (Å²) in [6, 6.07) is 13.5. The Balaban J connectivity index is 1.28. The van der Waals surface area contributed by atoms with Crippen LogP contribution in [0.5, 0.6) is 11.6 Å². The van der Waals surface area contributed by atoms with Gasteiger partial charge in [-0.3, -0.25) is 4.90 Å². The molecule has 148 valence electrons. The summed E-state index contributed by atoms with van der Waals surface area (Å²) in [7, 11) is -3.65. The molecule has 0 saturated carbocycles. The van der Waals surface area contributed by atoms with Gasteiger partial charge in [0.1, 0.15) is 12.4 Å². The highest BCUT2D eigenvalue weighted by Gasteiger charge is 2.27. The molecule has 0 spiro atoms. The number of nitrogens with one attached hydrogen (secondary N) is 1. The maximum absolute atomic E-state index is 12.5. The highest BCUT2D eigenvalue weighted by molar-refractivity contribution is 7.89. The minimum Gasteiger partial charge on any atom is -0.508 e. The van der Waals surface area contributed by atoms with Crippen molar-refractivity contribution < 1.29 is 18.3 Å².